The highest BCUT2D eigenvalue weighted by molar-refractivity contribution is 6.47. The van der Waals surface area contributed by atoms with Crippen LogP contribution in [0.4, 0.5) is 0 Å². The molecule has 9 nitrogen and oxygen atoms in total. The summed E-state index contributed by atoms with van der Waals surface area (Å²) >= 11 is 0. The summed E-state index contributed by atoms with van der Waals surface area (Å²) in [4.78, 5) is 52.9. The highest BCUT2D eigenvalue weighted by Gasteiger charge is 2.33. The molecular formula is C27H20N2O7. The van der Waals surface area contributed by atoms with Crippen LogP contribution in [0, 0.1) is 0 Å². The molecule has 1 aliphatic heterocycles. The molecule has 180 valence electrons. The third-order valence-corrected chi connectivity index (χ3v) is 5.83. The van der Waals surface area contributed by atoms with Gasteiger partial charge in [0.2, 0.25) is 0 Å². The maximum Gasteiger partial charge on any atom is 0.332 e. The Hall–Kier alpha value is -4.79. The second-order valence-corrected chi connectivity index (χ2v) is 8.17. The van der Waals surface area contributed by atoms with Gasteiger partial charge in [0.1, 0.15) is 5.75 Å². The van der Waals surface area contributed by atoms with Crippen LogP contribution in [0.3, 0.4) is 0 Å². The minimum Gasteiger partial charge on any atom is -0.432 e. The molecule has 0 saturated heterocycles. The quantitative estimate of drug-likeness (QED) is 0.135. The Morgan fingerprint density at radius 1 is 0.917 bits per heavy atom. The zero-order chi connectivity index (χ0) is 25.6. The molecule has 0 saturated carbocycles. The van der Waals surface area contributed by atoms with E-state index in [0.717, 1.165) is 16.4 Å². The number of oxime groups is 1. The molecule has 5 rings (SSSR count). The van der Waals surface area contributed by atoms with Gasteiger partial charge in [-0.1, -0.05) is 0 Å². The highest BCUT2D eigenvalue weighted by atomic mass is 16.7. The minimum atomic E-state index is -0.674. The number of esters is 1. The van der Waals surface area contributed by atoms with Gasteiger partial charge >= 0.3 is 17.8 Å². The van der Waals surface area contributed by atoms with E-state index >= 15 is 0 Å². The van der Waals surface area contributed by atoms with Crippen molar-refractivity contribution in [1.29, 1.82) is 0 Å². The van der Waals surface area contributed by atoms with Gasteiger partial charge in [0, 0.05) is 42.4 Å². The first-order valence-corrected chi connectivity index (χ1v) is 11.2. The molecule has 0 bridgehead atoms. The van der Waals surface area contributed by atoms with Crippen molar-refractivity contribution in [2.24, 2.45) is 5.16 Å². The molecule has 3 aromatic carbocycles. The van der Waals surface area contributed by atoms with Crippen LogP contribution in [-0.4, -0.2) is 34.0 Å². The van der Waals surface area contributed by atoms with Crippen molar-refractivity contribution < 1.29 is 33.5 Å². The predicted molar refractivity (Wildman–Crippen MR) is 130 cm³/mol. The summed E-state index contributed by atoms with van der Waals surface area (Å²) in [6.07, 6.45) is 0. The number of aromatic nitrogens is 1. The Morgan fingerprint density at radius 2 is 1.61 bits per heavy atom. The largest absolute Gasteiger partial charge is 0.432 e. The molecule has 36 heavy (non-hydrogen) atoms. The average molecular weight is 484 g/mol. The number of nitrogens with zero attached hydrogens (tertiary/aromatic N) is 2. The van der Waals surface area contributed by atoms with Gasteiger partial charge in [0.25, 0.3) is 5.78 Å². The third-order valence-electron chi connectivity index (χ3n) is 5.83. The Labute approximate surface area is 204 Å². The van der Waals surface area contributed by atoms with E-state index in [2.05, 4.69) is 14.6 Å². The van der Waals surface area contributed by atoms with Crippen LogP contribution in [0.5, 0.6) is 11.5 Å². The Morgan fingerprint density at radius 3 is 2.28 bits per heavy atom. The normalized spacial score (nSPS) is 13.6. The van der Waals surface area contributed by atoms with E-state index in [9.17, 15) is 19.2 Å². The van der Waals surface area contributed by atoms with E-state index in [1.165, 1.54) is 13.8 Å². The number of carbonyl (C=O) groups excluding carboxylic acids is 4. The van der Waals surface area contributed by atoms with Gasteiger partial charge in [-0.2, -0.15) is 0 Å². The molecule has 0 N–H and O–H groups in total. The van der Waals surface area contributed by atoms with E-state index in [1.54, 1.807) is 42.5 Å². The van der Waals surface area contributed by atoms with Crippen molar-refractivity contribution in [3.63, 3.8) is 0 Å². The predicted octanol–water partition coefficient (Wildman–Crippen LogP) is 4.42. The van der Waals surface area contributed by atoms with Gasteiger partial charge in [-0.25, -0.2) is 4.79 Å². The molecule has 1 aromatic heterocycles. The summed E-state index contributed by atoms with van der Waals surface area (Å²) in [6.45, 7) is 5.12. The van der Waals surface area contributed by atoms with Crippen LogP contribution >= 0.6 is 0 Å². The number of ether oxygens (including phenoxy) is 2. The summed E-state index contributed by atoms with van der Waals surface area (Å²) in [7, 11) is 0. The fourth-order valence-corrected chi connectivity index (χ4v) is 4.36. The lowest BCUT2D eigenvalue weighted by molar-refractivity contribution is -0.141. The fourth-order valence-electron chi connectivity index (χ4n) is 4.36. The maximum absolute atomic E-state index is 13.3. The van der Waals surface area contributed by atoms with Crippen LogP contribution < -0.4 is 9.47 Å². The van der Waals surface area contributed by atoms with Gasteiger partial charge in [-0.15, -0.1) is 0 Å². The number of fused-ring (bicyclic) bond motifs is 5. The van der Waals surface area contributed by atoms with Crippen LogP contribution in [0.1, 0.15) is 47.1 Å². The van der Waals surface area contributed by atoms with E-state index in [-0.39, 0.29) is 11.7 Å². The Balaban J connectivity index is 1.62. The van der Waals surface area contributed by atoms with Crippen molar-refractivity contribution >= 4 is 51.2 Å². The van der Waals surface area contributed by atoms with Gasteiger partial charge in [0.05, 0.1) is 16.5 Å². The standard InChI is InChI=1S/C27H20N2O7/c1-4-29-21-11-7-17(24(32)16-5-8-18(9-6-16)34-14(2)30)13-20(21)23-22(29)12-10-19-25(33)27(35-26(19)23)28-36-15(3)31/h5-13H,4H2,1-3H3. The maximum atomic E-state index is 13.3. The van der Waals surface area contributed by atoms with Crippen LogP contribution in [0.2, 0.25) is 0 Å². The smallest absolute Gasteiger partial charge is 0.332 e. The first-order valence-electron chi connectivity index (χ1n) is 11.2. The summed E-state index contributed by atoms with van der Waals surface area (Å²) in [6, 6.07) is 15.2. The first kappa shape index (κ1) is 23.0. The summed E-state index contributed by atoms with van der Waals surface area (Å²) in [5.41, 5.74) is 2.85. The lowest BCUT2D eigenvalue weighted by Crippen LogP contribution is -2.13. The Bertz CT molecular complexity index is 1630. The Kier molecular flexibility index (Phi) is 5.60. The number of ketones is 2. The summed E-state index contributed by atoms with van der Waals surface area (Å²) < 4.78 is 12.9. The van der Waals surface area contributed by atoms with E-state index in [4.69, 9.17) is 9.47 Å². The monoisotopic (exact) mass is 484 g/mol. The van der Waals surface area contributed by atoms with Crippen molar-refractivity contribution in [2.75, 3.05) is 0 Å². The number of hydrogen-bond acceptors (Lipinski definition) is 8. The molecule has 0 unspecified atom stereocenters. The van der Waals surface area contributed by atoms with Gasteiger partial charge in [-0.05, 0) is 66.7 Å². The minimum absolute atomic E-state index is 0.217. The number of rotatable bonds is 5. The molecule has 2 heterocycles. The highest BCUT2D eigenvalue weighted by Crippen LogP contribution is 2.41. The van der Waals surface area contributed by atoms with Crippen molar-refractivity contribution in [3.8, 4) is 11.5 Å². The molecule has 0 atom stereocenters. The molecule has 0 fully saturated rings. The second kappa shape index (κ2) is 8.77. The molecule has 0 spiro atoms. The SMILES string of the molecule is CCn1c2ccc(C(=O)c3ccc(OC(C)=O)cc3)cc2c2c3c(ccc21)C(=O)C(=NOC(C)=O)O3. The van der Waals surface area contributed by atoms with E-state index < -0.39 is 17.7 Å². The molecule has 9 heteroatoms. The lowest BCUT2D eigenvalue weighted by Gasteiger charge is -2.05. The van der Waals surface area contributed by atoms with Crippen LogP contribution in [0.15, 0.2) is 59.8 Å². The zero-order valence-electron chi connectivity index (χ0n) is 19.7. The van der Waals surface area contributed by atoms with Crippen molar-refractivity contribution in [2.45, 2.75) is 27.3 Å². The number of aryl methyl sites for hydroxylation is 1. The lowest BCUT2D eigenvalue weighted by atomic mass is 10.00. The molecule has 1 aliphatic rings. The summed E-state index contributed by atoms with van der Waals surface area (Å²) in [5, 5.41) is 4.93. The van der Waals surface area contributed by atoms with Gasteiger partial charge in [0.15, 0.2) is 11.5 Å². The summed E-state index contributed by atoms with van der Waals surface area (Å²) in [5.74, 6) is -1.51. The molecule has 0 radical (unpaired) electrons. The zero-order valence-corrected chi connectivity index (χ0v) is 19.7. The van der Waals surface area contributed by atoms with Crippen molar-refractivity contribution in [3.05, 3.63) is 71.3 Å². The van der Waals surface area contributed by atoms with Crippen molar-refractivity contribution in [1.82, 2.24) is 4.57 Å². The number of benzene rings is 3. The van der Waals surface area contributed by atoms with E-state index in [1.807, 2.05) is 19.1 Å². The van der Waals surface area contributed by atoms with E-state index in [0.29, 0.717) is 40.1 Å². The fraction of sp³-hybridized carbons (Fsp3) is 0.148. The van der Waals surface area contributed by atoms with Crippen LogP contribution in [-0.2, 0) is 21.0 Å². The average Bonchev–Trinajstić information content (AvgIpc) is 3.35. The number of carbonyl (C=O) groups is 4. The molecule has 0 amide bonds. The third kappa shape index (κ3) is 3.80. The number of hydrogen-bond donors (Lipinski definition) is 0. The second-order valence-electron chi connectivity index (χ2n) is 8.17. The number of Topliss-reactive ketones (excluding diaryl/α,β-unsaturated/α-hetero) is 1. The molecular weight excluding hydrogens is 464 g/mol. The van der Waals surface area contributed by atoms with Gasteiger partial charge < -0.3 is 18.9 Å². The molecule has 0 aliphatic carbocycles. The van der Waals surface area contributed by atoms with Gasteiger partial charge in [-0.3, -0.25) is 14.4 Å². The first-order chi connectivity index (χ1) is 17.3. The van der Waals surface area contributed by atoms with Crippen LogP contribution in [0.25, 0.3) is 21.8 Å². The molecule has 4 aromatic rings. The topological polar surface area (TPSA) is 113 Å².